The van der Waals surface area contributed by atoms with Crippen LogP contribution in [-0.4, -0.2) is 9.97 Å². The highest BCUT2D eigenvalue weighted by molar-refractivity contribution is 6.41. The fourth-order valence-electron chi connectivity index (χ4n) is 2.11. The van der Waals surface area contributed by atoms with Crippen LogP contribution in [-0.2, 0) is 6.42 Å². The van der Waals surface area contributed by atoms with Gasteiger partial charge in [0.05, 0.1) is 0 Å². The van der Waals surface area contributed by atoms with Gasteiger partial charge in [-0.3, -0.25) is 0 Å². The normalized spacial score (nSPS) is 13.1. The molecule has 1 aromatic carbocycles. The number of fused-ring (bicyclic) bond motifs is 1. The lowest BCUT2D eigenvalue weighted by Crippen LogP contribution is -1.96. The van der Waals surface area contributed by atoms with Crippen LogP contribution < -0.4 is 4.74 Å². The fourth-order valence-corrected chi connectivity index (χ4v) is 2.37. The molecule has 1 aliphatic rings. The van der Waals surface area contributed by atoms with Crippen molar-refractivity contribution in [2.45, 2.75) is 13.3 Å². The first-order valence-electron chi connectivity index (χ1n) is 5.88. The van der Waals surface area contributed by atoms with Crippen LogP contribution in [0.1, 0.15) is 18.1 Å². The van der Waals surface area contributed by atoms with Crippen molar-refractivity contribution < 1.29 is 9.13 Å². The Kier molecular flexibility index (Phi) is 3.36. The van der Waals surface area contributed by atoms with Gasteiger partial charge in [0.1, 0.15) is 11.3 Å². The number of hydrogen-bond donors (Lipinski definition) is 0. The molecular formula is C14H9Cl2FN2O. The molecule has 0 bridgehead atoms. The lowest BCUT2D eigenvalue weighted by molar-refractivity contribution is 0.426. The molecule has 3 nitrogen and oxygen atoms in total. The first kappa shape index (κ1) is 13.3. The summed E-state index contributed by atoms with van der Waals surface area (Å²) >= 11 is 11.7. The van der Waals surface area contributed by atoms with Gasteiger partial charge in [0.2, 0.25) is 5.88 Å². The van der Waals surface area contributed by atoms with E-state index in [-0.39, 0.29) is 21.8 Å². The van der Waals surface area contributed by atoms with Gasteiger partial charge in [0.25, 0.3) is 0 Å². The molecule has 3 rings (SSSR count). The maximum atomic E-state index is 14.4. The zero-order valence-electron chi connectivity index (χ0n) is 10.5. The molecule has 20 heavy (non-hydrogen) atoms. The summed E-state index contributed by atoms with van der Waals surface area (Å²) in [6, 6.07) is 3.39. The molecule has 1 aromatic heterocycles. The van der Waals surface area contributed by atoms with Crippen molar-refractivity contribution in [2.75, 3.05) is 0 Å². The van der Waals surface area contributed by atoms with E-state index in [2.05, 4.69) is 9.97 Å². The topological polar surface area (TPSA) is 35.0 Å². The molecule has 0 unspecified atom stereocenters. The van der Waals surface area contributed by atoms with E-state index in [4.69, 9.17) is 27.9 Å². The second kappa shape index (κ2) is 5.04. The van der Waals surface area contributed by atoms with Crippen molar-refractivity contribution in [1.82, 2.24) is 9.97 Å². The molecule has 0 amide bonds. The van der Waals surface area contributed by atoms with Crippen molar-refractivity contribution in [3.63, 3.8) is 0 Å². The summed E-state index contributed by atoms with van der Waals surface area (Å²) in [4.78, 5) is 7.56. The zero-order valence-corrected chi connectivity index (χ0v) is 12.0. The molecule has 0 spiro atoms. The average Bonchev–Trinajstić information content (AvgIpc) is 2.80. The highest BCUT2D eigenvalue weighted by Crippen LogP contribution is 2.36. The lowest BCUT2D eigenvalue weighted by atomic mass is 10.1. The Morgan fingerprint density at radius 1 is 1.25 bits per heavy atom. The van der Waals surface area contributed by atoms with Crippen molar-refractivity contribution in [1.29, 1.82) is 0 Å². The van der Waals surface area contributed by atoms with Crippen LogP contribution in [0, 0.1) is 5.82 Å². The maximum Gasteiger partial charge on any atom is 0.242 e. The van der Waals surface area contributed by atoms with Crippen LogP contribution in [0.25, 0.3) is 6.08 Å². The summed E-state index contributed by atoms with van der Waals surface area (Å²) in [6.45, 7) is 1.96. The minimum atomic E-state index is -0.426. The summed E-state index contributed by atoms with van der Waals surface area (Å²) < 4.78 is 19.8. The summed E-state index contributed by atoms with van der Waals surface area (Å²) in [5.74, 6) is -0.333. The fraction of sp³-hybridized carbons (Fsp3) is 0.143. The summed E-state index contributed by atoms with van der Waals surface area (Å²) in [6.07, 6.45) is 3.78. The quantitative estimate of drug-likeness (QED) is 0.756. The van der Waals surface area contributed by atoms with Crippen LogP contribution in [0.15, 0.2) is 24.0 Å². The van der Waals surface area contributed by atoms with Crippen LogP contribution in [0.4, 0.5) is 4.39 Å². The van der Waals surface area contributed by atoms with Crippen LogP contribution in [0.2, 0.25) is 10.2 Å². The monoisotopic (exact) mass is 310 g/mol. The Balaban J connectivity index is 2.00. The van der Waals surface area contributed by atoms with Crippen LogP contribution in [0.3, 0.4) is 0 Å². The number of ether oxygens (including phenoxy) is 1. The van der Waals surface area contributed by atoms with E-state index in [0.717, 1.165) is 17.6 Å². The van der Waals surface area contributed by atoms with Crippen LogP contribution >= 0.6 is 23.2 Å². The summed E-state index contributed by atoms with van der Waals surface area (Å²) in [5.41, 5.74) is 2.61. The van der Waals surface area contributed by atoms with Crippen molar-refractivity contribution >= 4 is 29.3 Å². The Morgan fingerprint density at radius 3 is 2.85 bits per heavy atom. The average molecular weight is 311 g/mol. The maximum absolute atomic E-state index is 14.4. The molecule has 2 aromatic rings. The number of nitrogens with zero attached hydrogens (tertiary/aromatic N) is 2. The third-order valence-corrected chi connectivity index (χ3v) is 3.74. The predicted octanol–water partition coefficient (Wildman–Crippen LogP) is 4.67. The standard InChI is InChI=1S/C14H9Cl2FN2O/c1-7-4-8-2-3-10(12(17)9(8)5-7)20-14-11(15)13(16)18-6-19-14/h2-3,5-6H,4H2,1H3. The van der Waals surface area contributed by atoms with E-state index in [0.29, 0.717) is 5.56 Å². The molecular weight excluding hydrogens is 302 g/mol. The summed E-state index contributed by atoms with van der Waals surface area (Å²) in [7, 11) is 0. The Bertz CT molecular complexity index is 731. The Hall–Kier alpha value is -1.65. The number of halogens is 3. The molecule has 0 saturated carbocycles. The van der Waals surface area contributed by atoms with E-state index < -0.39 is 5.82 Å². The minimum absolute atomic E-state index is 0.0317. The molecule has 0 aliphatic heterocycles. The molecule has 0 atom stereocenters. The molecule has 0 saturated heterocycles. The van der Waals surface area contributed by atoms with Gasteiger partial charge in [-0.15, -0.1) is 0 Å². The minimum Gasteiger partial charge on any atom is -0.434 e. The van der Waals surface area contributed by atoms with Gasteiger partial charge < -0.3 is 4.74 Å². The van der Waals surface area contributed by atoms with Crippen LogP contribution in [0.5, 0.6) is 11.6 Å². The zero-order chi connectivity index (χ0) is 14.3. The van der Waals surface area contributed by atoms with Gasteiger partial charge >= 0.3 is 0 Å². The third-order valence-electron chi connectivity index (χ3n) is 3.02. The van der Waals surface area contributed by atoms with Gasteiger partial charge in [-0.05, 0) is 25.0 Å². The number of rotatable bonds is 2. The molecule has 1 heterocycles. The predicted molar refractivity (Wildman–Crippen MR) is 75.9 cm³/mol. The molecule has 0 N–H and O–H groups in total. The number of allylic oxidation sites excluding steroid dienone is 1. The van der Waals surface area contributed by atoms with E-state index in [9.17, 15) is 4.39 Å². The van der Waals surface area contributed by atoms with Crippen molar-refractivity contribution in [3.8, 4) is 11.6 Å². The second-order valence-electron chi connectivity index (χ2n) is 4.50. The molecule has 0 radical (unpaired) electrons. The number of benzene rings is 1. The van der Waals surface area contributed by atoms with E-state index in [1.54, 1.807) is 6.07 Å². The smallest absolute Gasteiger partial charge is 0.242 e. The Morgan fingerprint density at radius 2 is 2.05 bits per heavy atom. The lowest BCUT2D eigenvalue weighted by Gasteiger charge is -2.09. The van der Waals surface area contributed by atoms with Gasteiger partial charge in [-0.2, -0.15) is 0 Å². The summed E-state index contributed by atoms with van der Waals surface area (Å²) in [5, 5.41) is 0.120. The molecule has 0 fully saturated rings. The SMILES string of the molecule is CC1=Cc2c(ccc(Oc3ncnc(Cl)c3Cl)c2F)C1. The van der Waals surface area contributed by atoms with Crippen molar-refractivity contribution in [2.24, 2.45) is 0 Å². The van der Waals surface area contributed by atoms with Gasteiger partial charge in [-0.1, -0.05) is 40.9 Å². The molecule has 6 heteroatoms. The second-order valence-corrected chi connectivity index (χ2v) is 5.24. The third kappa shape index (κ3) is 2.25. The highest BCUT2D eigenvalue weighted by Gasteiger charge is 2.19. The van der Waals surface area contributed by atoms with E-state index in [1.807, 2.05) is 19.1 Å². The first-order valence-corrected chi connectivity index (χ1v) is 6.64. The molecule has 102 valence electrons. The van der Waals surface area contributed by atoms with Gasteiger partial charge in [-0.25, -0.2) is 14.4 Å². The van der Waals surface area contributed by atoms with E-state index >= 15 is 0 Å². The largest absolute Gasteiger partial charge is 0.434 e. The van der Waals surface area contributed by atoms with Gasteiger partial charge in [0, 0.05) is 5.56 Å². The number of hydrogen-bond acceptors (Lipinski definition) is 3. The number of aromatic nitrogens is 2. The van der Waals surface area contributed by atoms with E-state index in [1.165, 1.54) is 6.33 Å². The first-order chi connectivity index (χ1) is 9.56. The van der Waals surface area contributed by atoms with Gasteiger partial charge in [0.15, 0.2) is 16.7 Å². The van der Waals surface area contributed by atoms with Crippen molar-refractivity contribution in [3.05, 3.63) is 51.2 Å². The highest BCUT2D eigenvalue weighted by atomic mass is 35.5. The Labute approximate surface area is 125 Å². The molecule has 1 aliphatic carbocycles.